The second-order valence-electron chi connectivity index (χ2n) is 8.72. The summed E-state index contributed by atoms with van der Waals surface area (Å²) in [7, 11) is 0. The summed E-state index contributed by atoms with van der Waals surface area (Å²) in [6.45, 7) is 2.30. The summed E-state index contributed by atoms with van der Waals surface area (Å²) in [5, 5.41) is 0. The zero-order chi connectivity index (χ0) is 21.5. The van der Waals surface area contributed by atoms with Crippen molar-refractivity contribution >= 4 is 49.3 Å². The van der Waals surface area contributed by atoms with Crippen molar-refractivity contribution in [1.29, 1.82) is 0 Å². The number of nitrogens with zero attached hydrogens (tertiary/aromatic N) is 3. The molecule has 5 rings (SSSR count). The number of halogens is 3. The van der Waals surface area contributed by atoms with Gasteiger partial charge in [0.15, 0.2) is 0 Å². The lowest BCUT2D eigenvalue weighted by atomic mass is 9.94. The average Bonchev–Trinajstić information content (AvgIpc) is 2.79. The lowest BCUT2D eigenvalue weighted by molar-refractivity contribution is 0.156. The monoisotopic (exact) mass is 549 g/mol. The molecular formula is C24H26Br2FN3O. The van der Waals surface area contributed by atoms with E-state index in [0.717, 1.165) is 60.9 Å². The Morgan fingerprint density at radius 3 is 2.55 bits per heavy atom. The van der Waals surface area contributed by atoms with Crippen molar-refractivity contribution in [1.82, 2.24) is 4.90 Å². The first-order chi connectivity index (χ1) is 15.0. The number of fused-ring (bicyclic) bond motifs is 3. The van der Waals surface area contributed by atoms with E-state index in [1.165, 1.54) is 12.5 Å². The zero-order valence-electron chi connectivity index (χ0n) is 17.4. The predicted octanol–water partition coefficient (Wildman–Crippen LogP) is 6.88. The number of rotatable bonds is 1. The van der Waals surface area contributed by atoms with Gasteiger partial charge >= 0.3 is 6.03 Å². The van der Waals surface area contributed by atoms with Gasteiger partial charge in [0.2, 0.25) is 0 Å². The van der Waals surface area contributed by atoms with Crippen molar-refractivity contribution in [2.45, 2.75) is 50.6 Å². The van der Waals surface area contributed by atoms with Crippen LogP contribution in [0.15, 0.2) is 45.3 Å². The summed E-state index contributed by atoms with van der Waals surface area (Å²) >= 11 is 7.03. The summed E-state index contributed by atoms with van der Waals surface area (Å²) in [6, 6.07) is 11.9. The van der Waals surface area contributed by atoms with E-state index in [2.05, 4.69) is 42.8 Å². The number of hydrogen-bond acceptors (Lipinski definition) is 2. The minimum Gasteiger partial charge on any atom is -0.365 e. The summed E-state index contributed by atoms with van der Waals surface area (Å²) in [6.07, 6.45) is 6.41. The van der Waals surface area contributed by atoms with Crippen molar-refractivity contribution in [3.05, 3.63) is 56.7 Å². The number of urea groups is 1. The number of carbonyl (C=O) groups is 1. The number of likely N-dealkylation sites (tertiary alicyclic amines) is 1. The highest BCUT2D eigenvalue weighted by Crippen LogP contribution is 2.43. The van der Waals surface area contributed by atoms with Gasteiger partial charge in [0.05, 0.1) is 21.9 Å². The molecule has 2 aromatic carbocycles. The molecule has 0 spiro atoms. The van der Waals surface area contributed by atoms with Crippen LogP contribution in [0.4, 0.5) is 20.6 Å². The molecule has 3 aliphatic rings. The predicted molar refractivity (Wildman–Crippen MR) is 129 cm³/mol. The number of hydrogen-bond donors (Lipinski definition) is 0. The van der Waals surface area contributed by atoms with Crippen LogP contribution in [-0.4, -0.2) is 36.6 Å². The first kappa shape index (κ1) is 21.3. The van der Waals surface area contributed by atoms with E-state index < -0.39 is 0 Å². The molecule has 4 nitrogen and oxygen atoms in total. The van der Waals surface area contributed by atoms with Gasteiger partial charge in [-0.2, -0.15) is 0 Å². The van der Waals surface area contributed by atoms with Crippen LogP contribution < -0.4 is 9.80 Å². The first-order valence-corrected chi connectivity index (χ1v) is 12.7. The second kappa shape index (κ2) is 8.74. The highest BCUT2D eigenvalue weighted by molar-refractivity contribution is 9.10. The summed E-state index contributed by atoms with van der Waals surface area (Å²) in [5.41, 5.74) is 2.81. The minimum absolute atomic E-state index is 0.00588. The van der Waals surface area contributed by atoms with Crippen LogP contribution >= 0.6 is 31.9 Å². The molecule has 0 aliphatic carbocycles. The molecule has 0 saturated carbocycles. The number of carbonyl (C=O) groups excluding carboxylic acids is 1. The van der Waals surface area contributed by atoms with Crippen LogP contribution in [0.2, 0.25) is 0 Å². The van der Waals surface area contributed by atoms with E-state index >= 15 is 0 Å². The molecule has 2 unspecified atom stereocenters. The molecule has 3 heterocycles. The Kier molecular flexibility index (Phi) is 5.99. The molecule has 31 heavy (non-hydrogen) atoms. The van der Waals surface area contributed by atoms with Crippen LogP contribution in [-0.2, 0) is 0 Å². The lowest BCUT2D eigenvalue weighted by Crippen LogP contribution is -2.56. The van der Waals surface area contributed by atoms with Crippen LogP contribution in [0, 0.1) is 5.82 Å². The Balaban J connectivity index is 1.53. The minimum atomic E-state index is -0.326. The van der Waals surface area contributed by atoms with Gasteiger partial charge in [0, 0.05) is 36.2 Å². The molecule has 2 atom stereocenters. The zero-order valence-corrected chi connectivity index (χ0v) is 20.5. The number of amides is 2. The normalized spacial score (nSPS) is 23.4. The number of anilines is 2. The number of benzene rings is 2. The summed E-state index contributed by atoms with van der Waals surface area (Å²) < 4.78 is 16.1. The standard InChI is InChI=1S/C24H26Br2FN3O/c25-18-9-2-1-8-17(18)21-10-4-6-12-29(21)24(31)30-15-16-7-3-5-11-28(16)22-13-19(26)20(27)14-23(22)30/h1-2,8-9,13-14,16,21H,3-7,10-12,15H2. The third-order valence-electron chi connectivity index (χ3n) is 6.88. The van der Waals surface area contributed by atoms with Crippen LogP contribution in [0.5, 0.6) is 0 Å². The maximum atomic E-state index is 14.6. The third kappa shape index (κ3) is 3.88. The van der Waals surface area contributed by atoms with E-state index in [4.69, 9.17) is 0 Å². The summed E-state index contributed by atoms with van der Waals surface area (Å²) in [5.74, 6) is -0.326. The Morgan fingerprint density at radius 2 is 1.71 bits per heavy atom. The van der Waals surface area contributed by atoms with Crippen LogP contribution in [0.25, 0.3) is 0 Å². The quantitative estimate of drug-likeness (QED) is 0.387. The Hall–Kier alpha value is -1.60. The highest BCUT2D eigenvalue weighted by atomic mass is 79.9. The molecule has 2 saturated heterocycles. The first-order valence-electron chi connectivity index (χ1n) is 11.1. The van der Waals surface area contributed by atoms with Crippen LogP contribution in [0.1, 0.15) is 50.1 Å². The van der Waals surface area contributed by atoms with Crippen LogP contribution in [0.3, 0.4) is 0 Å². The van der Waals surface area contributed by atoms with Crippen molar-refractivity contribution in [3.8, 4) is 0 Å². The lowest BCUT2D eigenvalue weighted by Gasteiger charge is -2.48. The van der Waals surface area contributed by atoms with E-state index in [1.54, 1.807) is 0 Å². The van der Waals surface area contributed by atoms with Gasteiger partial charge in [-0.25, -0.2) is 9.18 Å². The van der Waals surface area contributed by atoms with E-state index in [0.29, 0.717) is 16.7 Å². The Morgan fingerprint density at radius 1 is 0.935 bits per heavy atom. The molecular weight excluding hydrogens is 525 g/mol. The largest absolute Gasteiger partial charge is 0.365 e. The van der Waals surface area contributed by atoms with Gasteiger partial charge < -0.3 is 9.80 Å². The second-order valence-corrected chi connectivity index (χ2v) is 10.4. The Labute approximate surface area is 199 Å². The SMILES string of the molecule is O=C(N1CC2CCCCN2c2cc(Br)c(F)cc21)N1CCCCC1c1ccccc1Br. The topological polar surface area (TPSA) is 26.8 Å². The fraction of sp³-hybridized carbons (Fsp3) is 0.458. The van der Waals surface area contributed by atoms with E-state index in [1.807, 2.05) is 34.1 Å². The molecule has 2 amide bonds. The smallest absolute Gasteiger partial charge is 0.325 e. The molecule has 0 radical (unpaired) electrons. The molecule has 3 aliphatic heterocycles. The maximum Gasteiger partial charge on any atom is 0.325 e. The third-order valence-corrected chi connectivity index (χ3v) is 8.21. The summed E-state index contributed by atoms with van der Waals surface area (Å²) in [4.78, 5) is 20.2. The van der Waals surface area contributed by atoms with E-state index in [-0.39, 0.29) is 23.9 Å². The van der Waals surface area contributed by atoms with Crippen molar-refractivity contribution in [3.63, 3.8) is 0 Å². The maximum absolute atomic E-state index is 14.6. The van der Waals surface area contributed by atoms with Gasteiger partial charge in [-0.05, 0) is 72.2 Å². The van der Waals surface area contributed by atoms with Gasteiger partial charge in [0.1, 0.15) is 5.82 Å². The van der Waals surface area contributed by atoms with E-state index in [9.17, 15) is 9.18 Å². The molecule has 0 aromatic heterocycles. The van der Waals surface area contributed by atoms with Gasteiger partial charge in [0.25, 0.3) is 0 Å². The molecule has 0 bridgehead atoms. The van der Waals surface area contributed by atoms with Crippen molar-refractivity contribution in [2.24, 2.45) is 0 Å². The molecule has 2 aromatic rings. The molecule has 0 N–H and O–H groups in total. The molecule has 164 valence electrons. The van der Waals surface area contributed by atoms with Gasteiger partial charge in [-0.3, -0.25) is 4.90 Å². The number of piperidine rings is 2. The van der Waals surface area contributed by atoms with Crippen molar-refractivity contribution in [2.75, 3.05) is 29.4 Å². The highest BCUT2D eigenvalue weighted by Gasteiger charge is 2.39. The van der Waals surface area contributed by atoms with Gasteiger partial charge in [-0.1, -0.05) is 34.1 Å². The van der Waals surface area contributed by atoms with Gasteiger partial charge in [-0.15, -0.1) is 0 Å². The Bertz CT molecular complexity index is 1000. The fourth-order valence-electron chi connectivity index (χ4n) is 5.35. The molecule has 2 fully saturated rings. The average molecular weight is 551 g/mol. The molecule has 7 heteroatoms. The fourth-order valence-corrected chi connectivity index (χ4v) is 6.23. The van der Waals surface area contributed by atoms with Crippen molar-refractivity contribution < 1.29 is 9.18 Å².